The van der Waals surface area contributed by atoms with E-state index < -0.39 is 0 Å². The fourth-order valence-corrected chi connectivity index (χ4v) is 2.08. The standard InChI is InChI=1S/C14H21N3O.2ClH/c1-10-4-3-5-11(2)14(10)17-9-13(18)16-8-12-6-15-7-12;;/h3-5,12,15,17H,6-9H2,1-2H3,(H,16,18);2*1H. The van der Waals surface area contributed by atoms with Gasteiger partial charge in [0.1, 0.15) is 0 Å². The highest BCUT2D eigenvalue weighted by atomic mass is 35.5. The number of amides is 1. The van der Waals surface area contributed by atoms with Gasteiger partial charge in [-0.05, 0) is 25.0 Å². The quantitative estimate of drug-likeness (QED) is 0.777. The first-order valence-electron chi connectivity index (χ1n) is 6.44. The largest absolute Gasteiger partial charge is 0.376 e. The molecule has 0 unspecified atom stereocenters. The number of halogens is 2. The maximum Gasteiger partial charge on any atom is 0.239 e. The van der Waals surface area contributed by atoms with E-state index in [-0.39, 0.29) is 30.7 Å². The van der Waals surface area contributed by atoms with E-state index in [0.717, 1.165) is 25.3 Å². The molecule has 1 aromatic rings. The van der Waals surface area contributed by atoms with Gasteiger partial charge in [0.05, 0.1) is 6.54 Å². The molecule has 6 heteroatoms. The minimum absolute atomic E-state index is 0. The first kappa shape index (κ1) is 19.0. The second kappa shape index (κ2) is 9.06. The maximum atomic E-state index is 11.7. The van der Waals surface area contributed by atoms with E-state index in [1.807, 2.05) is 32.0 Å². The number of rotatable bonds is 5. The van der Waals surface area contributed by atoms with Crippen molar-refractivity contribution >= 4 is 36.4 Å². The van der Waals surface area contributed by atoms with Gasteiger partial charge in [0.15, 0.2) is 0 Å². The van der Waals surface area contributed by atoms with Crippen molar-refractivity contribution in [1.29, 1.82) is 0 Å². The molecule has 0 aliphatic carbocycles. The second-order valence-electron chi connectivity index (χ2n) is 4.95. The molecule has 1 aliphatic heterocycles. The number of nitrogens with one attached hydrogen (secondary N) is 3. The molecule has 1 fully saturated rings. The van der Waals surface area contributed by atoms with Crippen LogP contribution in [0.25, 0.3) is 0 Å². The third kappa shape index (κ3) is 5.19. The van der Waals surface area contributed by atoms with E-state index >= 15 is 0 Å². The number of hydrogen-bond acceptors (Lipinski definition) is 3. The van der Waals surface area contributed by atoms with Gasteiger partial charge in [-0.1, -0.05) is 18.2 Å². The second-order valence-corrected chi connectivity index (χ2v) is 4.95. The molecule has 0 bridgehead atoms. The van der Waals surface area contributed by atoms with E-state index in [0.29, 0.717) is 12.5 Å². The molecule has 0 saturated carbocycles. The Morgan fingerprint density at radius 3 is 2.35 bits per heavy atom. The van der Waals surface area contributed by atoms with Crippen molar-refractivity contribution in [3.8, 4) is 0 Å². The Morgan fingerprint density at radius 1 is 1.25 bits per heavy atom. The van der Waals surface area contributed by atoms with Crippen LogP contribution in [0.1, 0.15) is 11.1 Å². The number of carbonyl (C=O) groups is 1. The summed E-state index contributed by atoms with van der Waals surface area (Å²) in [4.78, 5) is 11.7. The molecule has 114 valence electrons. The van der Waals surface area contributed by atoms with E-state index in [4.69, 9.17) is 0 Å². The lowest BCUT2D eigenvalue weighted by Gasteiger charge is -2.27. The van der Waals surface area contributed by atoms with Gasteiger partial charge in [0.25, 0.3) is 0 Å². The van der Waals surface area contributed by atoms with E-state index in [1.54, 1.807) is 0 Å². The van der Waals surface area contributed by atoms with Crippen LogP contribution in [-0.4, -0.2) is 32.1 Å². The summed E-state index contributed by atoms with van der Waals surface area (Å²) in [6.45, 7) is 7.25. The average Bonchev–Trinajstić information content (AvgIpc) is 2.26. The van der Waals surface area contributed by atoms with Crippen LogP contribution in [0.2, 0.25) is 0 Å². The third-order valence-electron chi connectivity index (χ3n) is 3.36. The van der Waals surface area contributed by atoms with Crippen molar-refractivity contribution in [2.24, 2.45) is 5.92 Å². The molecule has 1 aliphatic rings. The Kier molecular flexibility index (Phi) is 8.62. The molecule has 0 aromatic heterocycles. The fraction of sp³-hybridized carbons (Fsp3) is 0.500. The molecule has 4 nitrogen and oxygen atoms in total. The van der Waals surface area contributed by atoms with Gasteiger partial charge in [-0.2, -0.15) is 0 Å². The summed E-state index contributed by atoms with van der Waals surface area (Å²) >= 11 is 0. The Bertz CT molecular complexity index is 416. The zero-order chi connectivity index (χ0) is 13.0. The molecule has 1 aromatic carbocycles. The fourth-order valence-electron chi connectivity index (χ4n) is 2.08. The first-order chi connectivity index (χ1) is 8.66. The van der Waals surface area contributed by atoms with Gasteiger partial charge in [0, 0.05) is 31.2 Å². The van der Waals surface area contributed by atoms with Gasteiger partial charge in [-0.3, -0.25) is 4.79 Å². The number of para-hydroxylation sites is 1. The van der Waals surface area contributed by atoms with Crippen LogP contribution < -0.4 is 16.0 Å². The van der Waals surface area contributed by atoms with Crippen LogP contribution in [0, 0.1) is 19.8 Å². The normalized spacial score (nSPS) is 13.5. The molecule has 3 N–H and O–H groups in total. The van der Waals surface area contributed by atoms with Gasteiger partial charge in [-0.25, -0.2) is 0 Å². The Hall–Kier alpha value is -0.970. The minimum atomic E-state index is 0. The molecule has 0 spiro atoms. The van der Waals surface area contributed by atoms with Crippen molar-refractivity contribution in [1.82, 2.24) is 10.6 Å². The third-order valence-corrected chi connectivity index (χ3v) is 3.36. The Morgan fingerprint density at radius 2 is 1.85 bits per heavy atom. The molecular formula is C14H23Cl2N3O. The molecular weight excluding hydrogens is 297 g/mol. The Balaban J connectivity index is 0.00000180. The molecule has 1 amide bonds. The van der Waals surface area contributed by atoms with Crippen LogP contribution in [-0.2, 0) is 4.79 Å². The van der Waals surface area contributed by atoms with E-state index in [2.05, 4.69) is 16.0 Å². The van der Waals surface area contributed by atoms with E-state index in [1.165, 1.54) is 11.1 Å². The number of hydrogen-bond donors (Lipinski definition) is 3. The summed E-state index contributed by atoms with van der Waals surface area (Å²) in [6, 6.07) is 6.13. The summed E-state index contributed by atoms with van der Waals surface area (Å²) in [5.41, 5.74) is 3.41. The van der Waals surface area contributed by atoms with Gasteiger partial charge >= 0.3 is 0 Å². The summed E-state index contributed by atoms with van der Waals surface area (Å²) in [7, 11) is 0. The van der Waals surface area contributed by atoms with Crippen molar-refractivity contribution in [3.63, 3.8) is 0 Å². The van der Waals surface area contributed by atoms with Gasteiger partial charge < -0.3 is 16.0 Å². The molecule has 2 rings (SSSR count). The number of aryl methyl sites for hydroxylation is 2. The summed E-state index contributed by atoms with van der Waals surface area (Å²) in [6.07, 6.45) is 0. The summed E-state index contributed by atoms with van der Waals surface area (Å²) in [5.74, 6) is 0.665. The molecule has 0 atom stereocenters. The van der Waals surface area contributed by atoms with Crippen LogP contribution >= 0.6 is 24.8 Å². The SMILES string of the molecule is Cc1cccc(C)c1NCC(=O)NCC1CNC1.Cl.Cl. The highest BCUT2D eigenvalue weighted by Gasteiger charge is 2.16. The summed E-state index contributed by atoms with van der Waals surface area (Å²) < 4.78 is 0. The van der Waals surface area contributed by atoms with Crippen molar-refractivity contribution in [2.45, 2.75) is 13.8 Å². The zero-order valence-corrected chi connectivity index (χ0v) is 13.5. The van der Waals surface area contributed by atoms with Crippen LogP contribution in [0.3, 0.4) is 0 Å². The lowest BCUT2D eigenvalue weighted by Crippen LogP contribution is -2.48. The van der Waals surface area contributed by atoms with Gasteiger partial charge in [-0.15, -0.1) is 24.8 Å². The predicted molar refractivity (Wildman–Crippen MR) is 88.3 cm³/mol. The van der Waals surface area contributed by atoms with Crippen molar-refractivity contribution in [3.05, 3.63) is 29.3 Å². The number of anilines is 1. The zero-order valence-electron chi connectivity index (χ0n) is 11.9. The smallest absolute Gasteiger partial charge is 0.239 e. The summed E-state index contributed by atoms with van der Waals surface area (Å²) in [5, 5.41) is 9.36. The molecule has 0 radical (unpaired) electrons. The van der Waals surface area contributed by atoms with Crippen LogP contribution in [0.15, 0.2) is 18.2 Å². The highest BCUT2D eigenvalue weighted by Crippen LogP contribution is 2.18. The van der Waals surface area contributed by atoms with Crippen molar-refractivity contribution in [2.75, 3.05) is 31.5 Å². The highest BCUT2D eigenvalue weighted by molar-refractivity contribution is 5.85. The lowest BCUT2D eigenvalue weighted by atomic mass is 10.0. The van der Waals surface area contributed by atoms with Crippen molar-refractivity contribution < 1.29 is 4.79 Å². The Labute approximate surface area is 132 Å². The van der Waals surface area contributed by atoms with Gasteiger partial charge in [0.2, 0.25) is 5.91 Å². The van der Waals surface area contributed by atoms with Crippen LogP contribution in [0.5, 0.6) is 0 Å². The van der Waals surface area contributed by atoms with Crippen LogP contribution in [0.4, 0.5) is 5.69 Å². The first-order valence-corrected chi connectivity index (χ1v) is 6.44. The average molecular weight is 320 g/mol. The monoisotopic (exact) mass is 319 g/mol. The molecule has 20 heavy (non-hydrogen) atoms. The maximum absolute atomic E-state index is 11.7. The predicted octanol–water partition coefficient (Wildman–Crippen LogP) is 1.89. The topological polar surface area (TPSA) is 53.2 Å². The number of benzene rings is 1. The lowest BCUT2D eigenvalue weighted by molar-refractivity contribution is -0.119. The molecule has 1 heterocycles. The molecule has 1 saturated heterocycles. The van der Waals surface area contributed by atoms with E-state index in [9.17, 15) is 4.79 Å². The minimum Gasteiger partial charge on any atom is -0.376 e. The number of carbonyl (C=O) groups excluding carboxylic acids is 1.